The van der Waals surface area contributed by atoms with Crippen LogP contribution in [0.2, 0.25) is 0 Å². The van der Waals surface area contributed by atoms with Crippen molar-refractivity contribution < 1.29 is 24.2 Å². The van der Waals surface area contributed by atoms with Crippen LogP contribution in [0.1, 0.15) is 13.3 Å². The predicted octanol–water partition coefficient (Wildman–Crippen LogP) is 1.07. The minimum Gasteiger partial charge on any atom is -0.550 e. The lowest BCUT2D eigenvalue weighted by Gasteiger charge is -2.33. The highest BCUT2D eigenvalue weighted by atomic mass is 16.5. The van der Waals surface area contributed by atoms with Gasteiger partial charge in [-0.05, 0) is 25.5 Å². The number of anilines is 1. The number of carboxylic acid groups (broad SMARTS) is 1. The van der Waals surface area contributed by atoms with Gasteiger partial charge in [0.15, 0.2) is 0 Å². The second-order valence-corrected chi connectivity index (χ2v) is 7.20. The van der Waals surface area contributed by atoms with E-state index < -0.39 is 29.5 Å². The molecule has 0 aromatic heterocycles. The van der Waals surface area contributed by atoms with Crippen molar-refractivity contribution in [3.05, 3.63) is 48.6 Å². The quantitative estimate of drug-likeness (QED) is 0.739. The minimum atomic E-state index is -1.25. The number of benzene rings is 1. The Morgan fingerprint density at radius 3 is 2.88 bits per heavy atom. The fourth-order valence-corrected chi connectivity index (χ4v) is 4.57. The molecule has 1 spiro atoms. The van der Waals surface area contributed by atoms with Gasteiger partial charge in [-0.1, -0.05) is 23.8 Å². The van der Waals surface area contributed by atoms with Gasteiger partial charge in [0.2, 0.25) is 5.91 Å². The Balaban J connectivity index is 1.84. The topological polar surface area (TPSA) is 78.9 Å². The van der Waals surface area contributed by atoms with E-state index in [1.54, 1.807) is 36.3 Å². The molecule has 1 aromatic rings. The molecule has 0 radical (unpaired) electrons. The van der Waals surface area contributed by atoms with Crippen LogP contribution >= 0.6 is 0 Å². The fraction of sp³-hybridized carbons (Fsp3) is 0.400. The number of aliphatic carboxylic acids is 1. The van der Waals surface area contributed by atoms with Crippen molar-refractivity contribution in [3.63, 3.8) is 0 Å². The van der Waals surface area contributed by atoms with Gasteiger partial charge in [-0.3, -0.25) is 4.79 Å². The van der Waals surface area contributed by atoms with Gasteiger partial charge < -0.3 is 24.3 Å². The summed E-state index contributed by atoms with van der Waals surface area (Å²) < 4.78 is 11.4. The first-order chi connectivity index (χ1) is 12.4. The third-order valence-corrected chi connectivity index (χ3v) is 5.57. The number of nitrogens with zero attached hydrogens (tertiary/aromatic N) is 1. The second kappa shape index (κ2) is 5.71. The first-order valence-electron chi connectivity index (χ1n) is 8.58. The Morgan fingerprint density at radius 2 is 2.23 bits per heavy atom. The highest BCUT2D eigenvalue weighted by Gasteiger charge is 2.69. The molecule has 26 heavy (non-hydrogen) atoms. The summed E-state index contributed by atoms with van der Waals surface area (Å²) in [7, 11) is 1.56. The molecule has 136 valence electrons. The van der Waals surface area contributed by atoms with Crippen molar-refractivity contribution >= 4 is 17.6 Å². The van der Waals surface area contributed by atoms with Crippen molar-refractivity contribution in [1.29, 1.82) is 0 Å². The number of amides is 1. The molecule has 2 fully saturated rings. The van der Waals surface area contributed by atoms with Crippen LogP contribution in [0.25, 0.3) is 0 Å². The van der Waals surface area contributed by atoms with Crippen LogP contribution in [0.15, 0.2) is 48.6 Å². The molecule has 5 atom stereocenters. The Bertz CT molecular complexity index is 831. The van der Waals surface area contributed by atoms with E-state index in [-0.39, 0.29) is 11.9 Å². The fourth-order valence-electron chi connectivity index (χ4n) is 4.57. The summed E-state index contributed by atoms with van der Waals surface area (Å²) in [6.07, 6.45) is 3.49. The third-order valence-electron chi connectivity index (χ3n) is 5.57. The van der Waals surface area contributed by atoms with E-state index in [9.17, 15) is 14.7 Å². The molecular formula is C20H20NO5-. The van der Waals surface area contributed by atoms with E-state index in [4.69, 9.17) is 9.47 Å². The number of carbonyl (C=O) groups excluding carboxylic acids is 2. The van der Waals surface area contributed by atoms with Gasteiger partial charge in [-0.25, -0.2) is 0 Å². The summed E-state index contributed by atoms with van der Waals surface area (Å²) in [6, 6.07) is 6.81. The lowest BCUT2D eigenvalue weighted by Crippen LogP contribution is -2.46. The summed E-state index contributed by atoms with van der Waals surface area (Å²) in [4.78, 5) is 26.7. The Hall–Kier alpha value is -2.60. The monoisotopic (exact) mass is 354 g/mol. The second-order valence-electron chi connectivity index (χ2n) is 7.20. The van der Waals surface area contributed by atoms with Crippen LogP contribution in [-0.2, 0) is 14.3 Å². The van der Waals surface area contributed by atoms with Crippen molar-refractivity contribution in [2.75, 3.05) is 12.0 Å². The van der Waals surface area contributed by atoms with E-state index in [2.05, 4.69) is 6.58 Å². The number of methoxy groups -OCH3 is 1. The van der Waals surface area contributed by atoms with Gasteiger partial charge in [-0.2, -0.15) is 0 Å². The van der Waals surface area contributed by atoms with Crippen molar-refractivity contribution in [2.45, 2.75) is 31.1 Å². The number of ether oxygens (including phenoxy) is 2. The first-order valence-corrected chi connectivity index (χ1v) is 8.58. The van der Waals surface area contributed by atoms with Gasteiger partial charge in [0.05, 0.1) is 25.2 Å². The normalized spacial score (nSPS) is 34.2. The number of carboxylic acids is 1. The van der Waals surface area contributed by atoms with Crippen molar-refractivity contribution in [1.82, 2.24) is 0 Å². The molecule has 6 nitrogen and oxygen atoms in total. The van der Waals surface area contributed by atoms with Crippen molar-refractivity contribution in [2.24, 2.45) is 11.8 Å². The maximum Gasteiger partial charge on any atom is 0.234 e. The van der Waals surface area contributed by atoms with Crippen LogP contribution in [0, 0.1) is 11.8 Å². The molecule has 1 aromatic carbocycles. The zero-order chi connectivity index (χ0) is 18.6. The number of carbonyl (C=O) groups is 2. The van der Waals surface area contributed by atoms with E-state index in [1.165, 1.54) is 0 Å². The zero-order valence-electron chi connectivity index (χ0n) is 14.7. The summed E-state index contributed by atoms with van der Waals surface area (Å²) in [5.41, 5.74) is 0.583. The number of fused-ring (bicyclic) bond motifs is 1. The number of rotatable bonds is 5. The lowest BCUT2D eigenvalue weighted by molar-refractivity contribution is -0.313. The van der Waals surface area contributed by atoms with Crippen LogP contribution < -0.4 is 14.7 Å². The molecular weight excluding hydrogens is 334 g/mol. The SMILES string of the molecule is C=C(C)C[C@@H]1N(c2cccc(OC)c2)C(=O)[C@@H]2[C@@H](C(=O)[O-])[C@@H]3C=C[C@]21O3. The molecule has 2 bridgehead atoms. The van der Waals surface area contributed by atoms with E-state index in [1.807, 2.05) is 19.1 Å². The lowest BCUT2D eigenvalue weighted by atomic mass is 9.74. The minimum absolute atomic E-state index is 0.259. The molecule has 0 N–H and O–H groups in total. The standard InChI is InChI=1S/C20H21NO5/c1-11(2)9-15-20-8-7-14(26-20)16(19(23)24)17(20)18(22)21(15)12-5-4-6-13(10-12)25-3/h4-8,10,14-17H,1,9H2,2-3H3,(H,23,24)/p-1/t14-,15-,16-,17-,20+/m0/s1. The van der Waals surface area contributed by atoms with E-state index in [0.717, 1.165) is 5.57 Å². The summed E-state index contributed by atoms with van der Waals surface area (Å²) in [6.45, 7) is 5.87. The molecule has 0 aliphatic carbocycles. The Morgan fingerprint density at radius 1 is 1.46 bits per heavy atom. The van der Waals surface area contributed by atoms with Crippen molar-refractivity contribution in [3.8, 4) is 5.75 Å². The van der Waals surface area contributed by atoms with Crippen LogP contribution in [0.5, 0.6) is 5.75 Å². The van der Waals surface area contributed by atoms with Crippen LogP contribution in [0.3, 0.4) is 0 Å². The molecule has 3 heterocycles. The number of hydrogen-bond acceptors (Lipinski definition) is 5. The van der Waals surface area contributed by atoms with Crippen LogP contribution in [0.4, 0.5) is 5.69 Å². The van der Waals surface area contributed by atoms with Gasteiger partial charge in [0.25, 0.3) is 0 Å². The average molecular weight is 354 g/mol. The van der Waals surface area contributed by atoms with E-state index >= 15 is 0 Å². The van der Waals surface area contributed by atoms with Gasteiger partial charge in [-0.15, -0.1) is 6.58 Å². The highest BCUT2D eigenvalue weighted by Crippen LogP contribution is 2.56. The Labute approximate surface area is 151 Å². The van der Waals surface area contributed by atoms with Gasteiger partial charge in [0, 0.05) is 23.6 Å². The predicted molar refractivity (Wildman–Crippen MR) is 92.4 cm³/mol. The summed E-state index contributed by atoms with van der Waals surface area (Å²) in [5.74, 6) is -2.66. The van der Waals surface area contributed by atoms with Crippen LogP contribution in [-0.4, -0.2) is 36.7 Å². The molecule has 0 unspecified atom stereocenters. The zero-order valence-corrected chi connectivity index (χ0v) is 14.7. The van der Waals surface area contributed by atoms with E-state index in [0.29, 0.717) is 17.9 Å². The molecule has 2 saturated heterocycles. The molecule has 3 aliphatic rings. The molecule has 1 amide bonds. The van der Waals surface area contributed by atoms with Gasteiger partial charge in [0.1, 0.15) is 11.4 Å². The largest absolute Gasteiger partial charge is 0.550 e. The number of hydrogen-bond donors (Lipinski definition) is 0. The third kappa shape index (κ3) is 2.15. The smallest absolute Gasteiger partial charge is 0.234 e. The highest BCUT2D eigenvalue weighted by molar-refractivity contribution is 6.03. The van der Waals surface area contributed by atoms with Gasteiger partial charge >= 0.3 is 0 Å². The molecule has 6 heteroatoms. The molecule has 4 rings (SSSR count). The Kier molecular flexibility index (Phi) is 3.70. The molecule has 3 aliphatic heterocycles. The molecule has 0 saturated carbocycles. The maximum absolute atomic E-state index is 13.3. The maximum atomic E-state index is 13.3. The average Bonchev–Trinajstić information content (AvgIpc) is 3.24. The first kappa shape index (κ1) is 16.8. The summed E-state index contributed by atoms with van der Waals surface area (Å²) in [5, 5.41) is 11.7. The summed E-state index contributed by atoms with van der Waals surface area (Å²) >= 11 is 0.